The molecule has 2 aliphatic heterocycles. The van der Waals surface area contributed by atoms with Crippen LogP contribution >= 0.6 is 0 Å². The fourth-order valence-corrected chi connectivity index (χ4v) is 3.19. The smallest absolute Gasteiger partial charge is 0.269 e. The van der Waals surface area contributed by atoms with Gasteiger partial charge in [-0.05, 0) is 26.2 Å². The number of amides is 2. The zero-order valence-corrected chi connectivity index (χ0v) is 15.4. The van der Waals surface area contributed by atoms with Gasteiger partial charge in [0.25, 0.3) is 11.8 Å². The Morgan fingerprint density at radius 1 is 1.27 bits per heavy atom. The molecule has 0 unspecified atom stereocenters. The number of likely N-dealkylation sites (tertiary alicyclic amines) is 1. The second-order valence-electron chi connectivity index (χ2n) is 6.89. The van der Waals surface area contributed by atoms with Crippen LogP contribution in [-0.4, -0.2) is 85.9 Å². The highest BCUT2D eigenvalue weighted by Gasteiger charge is 2.40. The Kier molecular flexibility index (Phi) is 5.85. The molecule has 2 amide bonds. The van der Waals surface area contributed by atoms with Crippen LogP contribution in [0.4, 0.5) is 0 Å². The van der Waals surface area contributed by atoms with Crippen LogP contribution in [0, 0.1) is 0 Å². The number of hydrogen-bond acceptors (Lipinski definition) is 6. The summed E-state index contributed by atoms with van der Waals surface area (Å²) in [6, 6.07) is 3.20. The third-order valence-corrected chi connectivity index (χ3v) is 4.71. The van der Waals surface area contributed by atoms with Crippen molar-refractivity contribution in [3.05, 3.63) is 29.6 Å². The van der Waals surface area contributed by atoms with Crippen LogP contribution in [0.3, 0.4) is 0 Å². The van der Waals surface area contributed by atoms with Gasteiger partial charge in [-0.25, -0.2) is 0 Å². The molecule has 1 aromatic rings. The molecule has 8 heteroatoms. The number of aromatic nitrogens is 1. The number of carbonyl (C=O) groups excluding carboxylic acids is 2. The summed E-state index contributed by atoms with van der Waals surface area (Å²) < 4.78 is 11.4. The Labute approximate surface area is 153 Å². The van der Waals surface area contributed by atoms with E-state index in [1.54, 1.807) is 17.0 Å². The van der Waals surface area contributed by atoms with Crippen molar-refractivity contribution in [2.24, 2.45) is 0 Å². The first kappa shape index (κ1) is 18.8. The predicted octanol–water partition coefficient (Wildman–Crippen LogP) is 0.352. The monoisotopic (exact) mass is 362 g/mol. The quantitative estimate of drug-likeness (QED) is 0.814. The average molecular weight is 362 g/mol. The minimum atomic E-state index is -0.507. The summed E-state index contributed by atoms with van der Waals surface area (Å²) in [5, 5.41) is 2.81. The molecule has 2 saturated heterocycles. The average Bonchev–Trinajstić information content (AvgIpc) is 3.09. The van der Waals surface area contributed by atoms with E-state index in [0.717, 1.165) is 6.54 Å². The standard InChI is InChI=1S/C18H26N4O4/c1-21(2)10-7-20-16(23)15-13-14(3-6-19-15)17(24)22-8-4-18(5-9-22)25-11-12-26-18/h3,6,13H,4-5,7-12H2,1-2H3,(H,20,23). The number of rotatable bonds is 5. The van der Waals surface area contributed by atoms with E-state index in [-0.39, 0.29) is 17.5 Å². The van der Waals surface area contributed by atoms with E-state index >= 15 is 0 Å². The molecule has 0 radical (unpaired) electrons. The van der Waals surface area contributed by atoms with Gasteiger partial charge < -0.3 is 24.6 Å². The van der Waals surface area contributed by atoms with Crippen LogP contribution in [0.15, 0.2) is 18.3 Å². The van der Waals surface area contributed by atoms with Crippen molar-refractivity contribution in [2.45, 2.75) is 18.6 Å². The van der Waals surface area contributed by atoms with Gasteiger partial charge in [0.05, 0.1) is 13.2 Å². The molecule has 142 valence electrons. The van der Waals surface area contributed by atoms with Gasteiger partial charge in [0.1, 0.15) is 5.69 Å². The van der Waals surface area contributed by atoms with Gasteiger partial charge in [-0.15, -0.1) is 0 Å². The molecule has 26 heavy (non-hydrogen) atoms. The predicted molar refractivity (Wildman–Crippen MR) is 94.9 cm³/mol. The number of carbonyl (C=O) groups is 2. The summed E-state index contributed by atoms with van der Waals surface area (Å²) in [5.41, 5.74) is 0.729. The topological polar surface area (TPSA) is 84.0 Å². The number of piperidine rings is 1. The number of hydrogen-bond donors (Lipinski definition) is 1. The second-order valence-corrected chi connectivity index (χ2v) is 6.89. The third-order valence-electron chi connectivity index (χ3n) is 4.71. The Morgan fingerprint density at radius 3 is 2.62 bits per heavy atom. The highest BCUT2D eigenvalue weighted by Crippen LogP contribution is 2.31. The van der Waals surface area contributed by atoms with Gasteiger partial charge >= 0.3 is 0 Å². The lowest BCUT2D eigenvalue weighted by Crippen LogP contribution is -2.47. The largest absolute Gasteiger partial charge is 0.349 e. The summed E-state index contributed by atoms with van der Waals surface area (Å²) in [4.78, 5) is 32.8. The molecule has 8 nitrogen and oxygen atoms in total. The molecular weight excluding hydrogens is 336 g/mol. The van der Waals surface area contributed by atoms with E-state index in [9.17, 15) is 9.59 Å². The van der Waals surface area contributed by atoms with Crippen LogP contribution in [0.25, 0.3) is 0 Å². The molecular formula is C18H26N4O4. The number of likely N-dealkylation sites (N-methyl/N-ethyl adjacent to an activating group) is 1. The zero-order valence-electron chi connectivity index (χ0n) is 15.4. The van der Waals surface area contributed by atoms with Crippen LogP contribution in [0.1, 0.15) is 33.7 Å². The lowest BCUT2D eigenvalue weighted by molar-refractivity contribution is -0.181. The first-order valence-electron chi connectivity index (χ1n) is 8.95. The van der Waals surface area contributed by atoms with Crippen LogP contribution < -0.4 is 5.32 Å². The molecule has 3 heterocycles. The molecule has 0 aliphatic carbocycles. The summed E-state index contributed by atoms with van der Waals surface area (Å²) in [5.74, 6) is -0.874. The lowest BCUT2D eigenvalue weighted by atomic mass is 10.0. The Morgan fingerprint density at radius 2 is 1.96 bits per heavy atom. The van der Waals surface area contributed by atoms with Crippen LogP contribution in [0.2, 0.25) is 0 Å². The fraction of sp³-hybridized carbons (Fsp3) is 0.611. The summed E-state index contributed by atoms with van der Waals surface area (Å²) >= 11 is 0. The van der Waals surface area contributed by atoms with E-state index < -0.39 is 5.79 Å². The highest BCUT2D eigenvalue weighted by molar-refractivity contribution is 5.98. The molecule has 1 spiro atoms. The molecule has 2 fully saturated rings. The van der Waals surface area contributed by atoms with Crippen molar-refractivity contribution in [1.29, 1.82) is 0 Å². The molecule has 1 aromatic heterocycles. The maximum atomic E-state index is 12.8. The highest BCUT2D eigenvalue weighted by atomic mass is 16.7. The third kappa shape index (κ3) is 4.38. The first-order valence-corrected chi connectivity index (χ1v) is 8.95. The van der Waals surface area contributed by atoms with Gasteiger partial charge in [0.15, 0.2) is 5.79 Å². The number of pyridine rings is 1. The van der Waals surface area contributed by atoms with Crippen molar-refractivity contribution < 1.29 is 19.1 Å². The number of nitrogens with one attached hydrogen (secondary N) is 1. The lowest BCUT2D eigenvalue weighted by Gasteiger charge is -2.37. The maximum Gasteiger partial charge on any atom is 0.269 e. The Balaban J connectivity index is 1.59. The molecule has 0 atom stereocenters. The van der Waals surface area contributed by atoms with Gasteiger partial charge in [-0.2, -0.15) is 0 Å². The van der Waals surface area contributed by atoms with Crippen molar-refractivity contribution in [3.63, 3.8) is 0 Å². The van der Waals surface area contributed by atoms with Crippen molar-refractivity contribution in [3.8, 4) is 0 Å². The summed E-state index contributed by atoms with van der Waals surface area (Å²) in [6.45, 7) is 3.65. The van der Waals surface area contributed by atoms with Crippen molar-refractivity contribution >= 4 is 11.8 Å². The maximum absolute atomic E-state index is 12.8. The second kappa shape index (κ2) is 8.11. The number of ether oxygens (including phenoxy) is 2. The van der Waals surface area contributed by atoms with Crippen LogP contribution in [0.5, 0.6) is 0 Å². The summed E-state index contributed by atoms with van der Waals surface area (Å²) in [6.07, 6.45) is 2.84. The van der Waals surface area contributed by atoms with Gasteiger partial charge in [0, 0.05) is 50.8 Å². The molecule has 0 bridgehead atoms. The Bertz CT molecular complexity index is 648. The number of nitrogens with zero attached hydrogens (tertiary/aromatic N) is 3. The molecule has 0 saturated carbocycles. The van der Waals surface area contributed by atoms with E-state index in [2.05, 4.69) is 10.3 Å². The van der Waals surface area contributed by atoms with E-state index in [4.69, 9.17) is 9.47 Å². The van der Waals surface area contributed by atoms with Gasteiger partial charge in [-0.1, -0.05) is 0 Å². The van der Waals surface area contributed by atoms with E-state index in [1.165, 1.54) is 6.20 Å². The van der Waals surface area contributed by atoms with Gasteiger partial charge in [-0.3, -0.25) is 14.6 Å². The minimum absolute atomic E-state index is 0.0948. The molecule has 3 rings (SSSR count). The van der Waals surface area contributed by atoms with Gasteiger partial charge in [0.2, 0.25) is 0 Å². The van der Waals surface area contributed by atoms with E-state index in [0.29, 0.717) is 51.3 Å². The summed E-state index contributed by atoms with van der Waals surface area (Å²) in [7, 11) is 3.88. The molecule has 0 aromatic carbocycles. The normalized spacial score (nSPS) is 19.1. The van der Waals surface area contributed by atoms with Crippen molar-refractivity contribution in [1.82, 2.24) is 20.1 Å². The SMILES string of the molecule is CN(C)CCNC(=O)c1cc(C(=O)N2CCC3(CC2)OCCO3)ccn1. The fourth-order valence-electron chi connectivity index (χ4n) is 3.19. The first-order chi connectivity index (χ1) is 12.5. The van der Waals surface area contributed by atoms with Crippen molar-refractivity contribution in [2.75, 3.05) is 53.5 Å². The Hall–Kier alpha value is -2.03. The molecule has 2 aliphatic rings. The minimum Gasteiger partial charge on any atom is -0.349 e. The van der Waals surface area contributed by atoms with Crippen LogP contribution in [-0.2, 0) is 9.47 Å². The molecule has 1 N–H and O–H groups in total. The van der Waals surface area contributed by atoms with E-state index in [1.807, 2.05) is 19.0 Å². The zero-order chi connectivity index (χ0) is 18.6.